The summed E-state index contributed by atoms with van der Waals surface area (Å²) in [4.78, 5) is 14.4. The Balaban J connectivity index is 3.65. The van der Waals surface area contributed by atoms with E-state index in [-0.39, 0.29) is 12.5 Å². The number of amides is 1. The van der Waals surface area contributed by atoms with Gasteiger partial charge in [-0.15, -0.1) is 0 Å². The van der Waals surface area contributed by atoms with E-state index in [2.05, 4.69) is 24.1 Å². The summed E-state index contributed by atoms with van der Waals surface area (Å²) in [6.07, 6.45) is 32.2. The largest absolute Gasteiger partial charge is 0.394 e. The Morgan fingerprint density at radius 2 is 1.02 bits per heavy atom. The van der Waals surface area contributed by atoms with E-state index in [4.69, 9.17) is 4.74 Å². The molecule has 1 amide bonds. The van der Waals surface area contributed by atoms with Crippen LogP contribution < -0.4 is 5.32 Å². The minimum Gasteiger partial charge on any atom is -0.394 e. The Kier molecular flexibility index (Phi) is 35.2. The Morgan fingerprint density at radius 3 is 1.51 bits per heavy atom. The summed E-state index contributed by atoms with van der Waals surface area (Å²) in [5, 5.41) is 22.3. The van der Waals surface area contributed by atoms with Crippen LogP contribution >= 0.6 is 0 Å². The second kappa shape index (κ2) is 35.8. The summed E-state index contributed by atoms with van der Waals surface area (Å²) >= 11 is 0. The summed E-state index contributed by atoms with van der Waals surface area (Å²) in [6.45, 7) is 8.64. The van der Waals surface area contributed by atoms with Gasteiger partial charge in [0.05, 0.1) is 12.7 Å². The fourth-order valence-corrected chi connectivity index (χ4v) is 5.76. The lowest BCUT2D eigenvalue weighted by atomic mass is 10.0. The molecule has 0 heterocycles. The van der Waals surface area contributed by atoms with Crippen molar-refractivity contribution in [2.24, 2.45) is 0 Å². The molecule has 0 aromatic heterocycles. The first kappa shape index (κ1) is 42.3. The maximum absolute atomic E-state index is 12.2. The summed E-state index contributed by atoms with van der Waals surface area (Å²) < 4.78 is 5.83. The lowest BCUT2D eigenvalue weighted by Gasteiger charge is -2.24. The Bertz CT molecular complexity index is 549. The standard InChI is InChI=1S/C37H76N2O4/c1-3-5-7-9-11-13-14-15-16-17-18-19-20-22-24-28-37(42)38-29-26-30-39(34-36(41)35-40)31-27-33-43-32-25-23-21-12-10-8-6-4-2/h36,40-41H,3-35H2,1-2H3,(H,38,42). The molecule has 258 valence electrons. The molecule has 6 nitrogen and oxygen atoms in total. The van der Waals surface area contributed by atoms with Crippen LogP contribution in [0.2, 0.25) is 0 Å². The van der Waals surface area contributed by atoms with Crippen molar-refractivity contribution in [3.63, 3.8) is 0 Å². The second-order valence-corrected chi connectivity index (χ2v) is 13.0. The highest BCUT2D eigenvalue weighted by atomic mass is 16.5. The van der Waals surface area contributed by atoms with Crippen molar-refractivity contribution in [2.45, 2.75) is 187 Å². The van der Waals surface area contributed by atoms with Crippen molar-refractivity contribution >= 4 is 5.91 Å². The van der Waals surface area contributed by atoms with Gasteiger partial charge in [0.25, 0.3) is 0 Å². The molecular weight excluding hydrogens is 536 g/mol. The predicted molar refractivity (Wildman–Crippen MR) is 185 cm³/mol. The monoisotopic (exact) mass is 613 g/mol. The summed E-state index contributed by atoms with van der Waals surface area (Å²) in [5.74, 6) is 0.158. The Morgan fingerprint density at radius 1 is 0.605 bits per heavy atom. The number of unbranched alkanes of at least 4 members (excludes halogenated alkanes) is 21. The van der Waals surface area contributed by atoms with Crippen molar-refractivity contribution in [1.29, 1.82) is 0 Å². The first-order chi connectivity index (χ1) is 21.1. The smallest absolute Gasteiger partial charge is 0.219 e. The van der Waals surface area contributed by atoms with E-state index in [9.17, 15) is 15.0 Å². The number of rotatable bonds is 36. The van der Waals surface area contributed by atoms with Gasteiger partial charge in [-0.25, -0.2) is 0 Å². The van der Waals surface area contributed by atoms with Gasteiger partial charge >= 0.3 is 0 Å². The SMILES string of the molecule is CCCCCCCCCCCCCCCCCC(=O)NCCCN(CCCOCCCCCCCCCC)CC(O)CO. The number of ether oxygens (including phenoxy) is 1. The van der Waals surface area contributed by atoms with Crippen LogP contribution in [0.15, 0.2) is 0 Å². The first-order valence-corrected chi connectivity index (χ1v) is 19.0. The number of carbonyl (C=O) groups excluding carboxylic acids is 1. The number of aliphatic hydroxyl groups is 2. The third-order valence-electron chi connectivity index (χ3n) is 8.57. The van der Waals surface area contributed by atoms with Gasteiger partial charge in [-0.1, -0.05) is 149 Å². The molecule has 0 radical (unpaired) electrons. The van der Waals surface area contributed by atoms with E-state index in [0.29, 0.717) is 19.5 Å². The molecule has 0 saturated heterocycles. The van der Waals surface area contributed by atoms with E-state index in [1.54, 1.807) is 0 Å². The molecule has 0 fully saturated rings. The van der Waals surface area contributed by atoms with Gasteiger partial charge in [0.15, 0.2) is 0 Å². The summed E-state index contributed by atoms with van der Waals surface area (Å²) in [6, 6.07) is 0. The number of aliphatic hydroxyl groups excluding tert-OH is 2. The molecule has 1 unspecified atom stereocenters. The zero-order valence-corrected chi connectivity index (χ0v) is 29.1. The van der Waals surface area contributed by atoms with Crippen molar-refractivity contribution in [2.75, 3.05) is 46.0 Å². The van der Waals surface area contributed by atoms with Crippen molar-refractivity contribution in [3.05, 3.63) is 0 Å². The van der Waals surface area contributed by atoms with Crippen LogP contribution in [-0.4, -0.2) is 73.1 Å². The molecular formula is C37H76N2O4. The van der Waals surface area contributed by atoms with Gasteiger partial charge in [-0.3, -0.25) is 4.79 Å². The van der Waals surface area contributed by atoms with Crippen LogP contribution in [0.1, 0.15) is 181 Å². The molecule has 43 heavy (non-hydrogen) atoms. The number of hydrogen-bond donors (Lipinski definition) is 3. The number of carbonyl (C=O) groups is 1. The van der Waals surface area contributed by atoms with Gasteiger partial charge in [-0.2, -0.15) is 0 Å². The molecule has 0 rings (SSSR count). The molecule has 0 saturated carbocycles. The maximum atomic E-state index is 12.2. The van der Waals surface area contributed by atoms with Crippen LogP contribution in [0.4, 0.5) is 0 Å². The van der Waals surface area contributed by atoms with E-state index >= 15 is 0 Å². The topological polar surface area (TPSA) is 82.0 Å². The zero-order chi connectivity index (χ0) is 31.5. The average Bonchev–Trinajstić information content (AvgIpc) is 3.01. The summed E-state index contributed by atoms with van der Waals surface area (Å²) in [5.41, 5.74) is 0. The summed E-state index contributed by atoms with van der Waals surface area (Å²) in [7, 11) is 0. The molecule has 0 aliphatic heterocycles. The molecule has 0 aromatic rings. The van der Waals surface area contributed by atoms with Gasteiger partial charge in [0.1, 0.15) is 0 Å². The van der Waals surface area contributed by atoms with Crippen molar-refractivity contribution in [1.82, 2.24) is 10.2 Å². The highest BCUT2D eigenvalue weighted by Gasteiger charge is 2.11. The van der Waals surface area contributed by atoms with E-state index in [0.717, 1.165) is 58.4 Å². The third kappa shape index (κ3) is 34.0. The van der Waals surface area contributed by atoms with Gasteiger partial charge in [0.2, 0.25) is 5.91 Å². The van der Waals surface area contributed by atoms with Crippen molar-refractivity contribution < 1.29 is 19.7 Å². The molecule has 3 N–H and O–H groups in total. The second-order valence-electron chi connectivity index (χ2n) is 13.0. The lowest BCUT2D eigenvalue weighted by molar-refractivity contribution is -0.121. The van der Waals surface area contributed by atoms with Crippen molar-refractivity contribution in [3.8, 4) is 0 Å². The Labute approximate surface area is 268 Å². The fourth-order valence-electron chi connectivity index (χ4n) is 5.76. The minimum absolute atomic E-state index is 0.158. The zero-order valence-electron chi connectivity index (χ0n) is 29.1. The quantitative estimate of drug-likeness (QED) is 0.0615. The maximum Gasteiger partial charge on any atom is 0.219 e. The van der Waals surface area contributed by atoms with Crippen LogP contribution in [0, 0.1) is 0 Å². The number of hydrogen-bond acceptors (Lipinski definition) is 5. The molecule has 0 aliphatic carbocycles. The van der Waals surface area contributed by atoms with Gasteiger partial charge in [-0.05, 0) is 32.2 Å². The number of nitrogens with one attached hydrogen (secondary N) is 1. The number of nitrogens with zero attached hydrogens (tertiary/aromatic N) is 1. The highest BCUT2D eigenvalue weighted by Crippen LogP contribution is 2.14. The van der Waals surface area contributed by atoms with Gasteiger partial charge in [0, 0.05) is 39.3 Å². The minimum atomic E-state index is -0.724. The van der Waals surface area contributed by atoms with Crippen LogP contribution in [0.25, 0.3) is 0 Å². The molecule has 6 heteroatoms. The van der Waals surface area contributed by atoms with Crippen LogP contribution in [0.5, 0.6) is 0 Å². The van der Waals surface area contributed by atoms with E-state index in [1.807, 2.05) is 0 Å². The lowest BCUT2D eigenvalue weighted by Crippen LogP contribution is -2.37. The van der Waals surface area contributed by atoms with E-state index in [1.165, 1.54) is 128 Å². The fraction of sp³-hybridized carbons (Fsp3) is 0.973. The van der Waals surface area contributed by atoms with Crippen LogP contribution in [0.3, 0.4) is 0 Å². The molecule has 1 atom stereocenters. The average molecular weight is 613 g/mol. The van der Waals surface area contributed by atoms with Crippen LogP contribution in [-0.2, 0) is 9.53 Å². The van der Waals surface area contributed by atoms with Gasteiger partial charge < -0.3 is 25.2 Å². The highest BCUT2D eigenvalue weighted by molar-refractivity contribution is 5.75. The Hall–Kier alpha value is -0.690. The molecule has 0 aromatic carbocycles. The molecule has 0 spiro atoms. The molecule has 0 bridgehead atoms. The first-order valence-electron chi connectivity index (χ1n) is 19.0. The molecule has 0 aliphatic rings. The normalized spacial score (nSPS) is 12.3. The van der Waals surface area contributed by atoms with E-state index < -0.39 is 6.10 Å². The third-order valence-corrected chi connectivity index (χ3v) is 8.57. The predicted octanol–water partition coefficient (Wildman–Crippen LogP) is 8.96.